The van der Waals surface area contributed by atoms with E-state index in [-0.39, 0.29) is 11.5 Å². The van der Waals surface area contributed by atoms with Gasteiger partial charge < -0.3 is 24.0 Å². The Morgan fingerprint density at radius 3 is 2.61 bits per heavy atom. The molecule has 1 fully saturated rings. The van der Waals surface area contributed by atoms with E-state index in [9.17, 15) is 18.7 Å². The van der Waals surface area contributed by atoms with Gasteiger partial charge in [0.25, 0.3) is 5.91 Å². The number of nitrogens with zero attached hydrogens (tertiary/aromatic N) is 3. The Bertz CT molecular complexity index is 1130. The molecule has 2 atom stereocenters. The number of aromatic nitrogens is 2. The maximum Gasteiger partial charge on any atom is 0.264 e. The summed E-state index contributed by atoms with van der Waals surface area (Å²) in [6.07, 6.45) is 3.85. The molecule has 2 unspecified atom stereocenters. The van der Waals surface area contributed by atoms with E-state index >= 15 is 0 Å². The lowest BCUT2D eigenvalue weighted by Crippen LogP contribution is -2.49. The van der Waals surface area contributed by atoms with Crippen molar-refractivity contribution in [3.63, 3.8) is 0 Å². The van der Waals surface area contributed by atoms with E-state index in [1.807, 2.05) is 23.8 Å². The van der Waals surface area contributed by atoms with Gasteiger partial charge in [0.1, 0.15) is 23.1 Å². The highest BCUT2D eigenvalue weighted by atomic mass is 19.1. The Morgan fingerprint density at radius 2 is 1.97 bits per heavy atom. The summed E-state index contributed by atoms with van der Waals surface area (Å²) in [5.74, 6) is -0.876. The molecule has 0 aliphatic carbocycles. The maximum absolute atomic E-state index is 13.7. The summed E-state index contributed by atoms with van der Waals surface area (Å²) in [4.78, 5) is 18.8. The number of aliphatic hydroxyl groups is 1. The predicted molar refractivity (Wildman–Crippen MR) is 116 cm³/mol. The van der Waals surface area contributed by atoms with Gasteiger partial charge in [0.2, 0.25) is 0 Å². The van der Waals surface area contributed by atoms with Gasteiger partial charge in [-0.15, -0.1) is 0 Å². The molecule has 9 heteroatoms. The number of halogens is 2. The van der Waals surface area contributed by atoms with Crippen LogP contribution >= 0.6 is 0 Å². The van der Waals surface area contributed by atoms with Crippen LogP contribution in [0.3, 0.4) is 0 Å². The van der Waals surface area contributed by atoms with Crippen LogP contribution in [0.25, 0.3) is 5.69 Å². The van der Waals surface area contributed by atoms with Crippen molar-refractivity contribution >= 4 is 5.91 Å². The number of carbonyl (C=O) groups excluding carboxylic acids is 1. The van der Waals surface area contributed by atoms with Crippen molar-refractivity contribution < 1.29 is 28.2 Å². The van der Waals surface area contributed by atoms with Crippen molar-refractivity contribution in [3.05, 3.63) is 71.8 Å². The van der Waals surface area contributed by atoms with Crippen LogP contribution in [0, 0.1) is 18.6 Å². The van der Waals surface area contributed by atoms with Gasteiger partial charge in [-0.2, -0.15) is 0 Å². The Labute approximate surface area is 190 Å². The number of likely N-dealkylation sites (tertiary alicyclic amines) is 1. The van der Waals surface area contributed by atoms with Gasteiger partial charge in [-0.25, -0.2) is 13.8 Å². The van der Waals surface area contributed by atoms with Crippen molar-refractivity contribution in [3.8, 4) is 17.2 Å². The average Bonchev–Trinajstić information content (AvgIpc) is 3.22. The van der Waals surface area contributed by atoms with Crippen molar-refractivity contribution in [1.29, 1.82) is 0 Å². The normalized spacial score (nSPS) is 17.2. The first-order valence-electron chi connectivity index (χ1n) is 10.6. The summed E-state index contributed by atoms with van der Waals surface area (Å²) in [6.45, 7) is 1.78. The van der Waals surface area contributed by atoms with Gasteiger partial charge in [0, 0.05) is 24.9 Å². The van der Waals surface area contributed by atoms with E-state index in [0.29, 0.717) is 30.9 Å². The molecule has 1 N–H and O–H groups in total. The molecule has 1 aliphatic heterocycles. The van der Waals surface area contributed by atoms with E-state index in [0.717, 1.165) is 29.6 Å². The van der Waals surface area contributed by atoms with E-state index in [4.69, 9.17) is 9.47 Å². The van der Waals surface area contributed by atoms with E-state index in [1.54, 1.807) is 25.6 Å². The molecule has 1 aliphatic rings. The van der Waals surface area contributed by atoms with Gasteiger partial charge in [-0.3, -0.25) is 4.79 Å². The number of carbonyl (C=O) groups is 1. The minimum atomic E-state index is -0.865. The molecule has 3 aromatic rings. The highest BCUT2D eigenvalue weighted by molar-refractivity contribution is 5.82. The number of hydrogen-bond acceptors (Lipinski definition) is 5. The smallest absolute Gasteiger partial charge is 0.264 e. The van der Waals surface area contributed by atoms with E-state index < -0.39 is 30.4 Å². The number of methoxy groups -OCH3 is 1. The fraction of sp³-hybridized carbons (Fsp3) is 0.333. The second kappa shape index (κ2) is 9.58. The Kier molecular flexibility index (Phi) is 6.60. The third-order valence-electron chi connectivity index (χ3n) is 5.66. The topological polar surface area (TPSA) is 76.8 Å². The Morgan fingerprint density at radius 1 is 1.21 bits per heavy atom. The number of ether oxygens (including phenoxy) is 2. The Hall–Kier alpha value is -3.46. The van der Waals surface area contributed by atoms with Crippen LogP contribution in [-0.4, -0.2) is 51.8 Å². The van der Waals surface area contributed by atoms with Gasteiger partial charge in [-0.05, 0) is 49.6 Å². The highest BCUT2D eigenvalue weighted by Crippen LogP contribution is 2.32. The third kappa shape index (κ3) is 4.83. The van der Waals surface area contributed by atoms with Crippen LogP contribution in [0.1, 0.15) is 30.1 Å². The minimum Gasteiger partial charge on any atom is -0.494 e. The Balaban J connectivity index is 1.54. The number of amides is 1. The molecule has 1 saturated heterocycles. The first-order chi connectivity index (χ1) is 15.9. The lowest BCUT2D eigenvalue weighted by atomic mass is 10.00. The highest BCUT2D eigenvalue weighted by Gasteiger charge is 2.35. The summed E-state index contributed by atoms with van der Waals surface area (Å²) in [7, 11) is 1.55. The van der Waals surface area contributed by atoms with Crippen LogP contribution in [0.15, 0.2) is 48.9 Å². The molecule has 1 aromatic heterocycles. The zero-order valence-electron chi connectivity index (χ0n) is 18.4. The van der Waals surface area contributed by atoms with Gasteiger partial charge in [0.15, 0.2) is 6.10 Å². The van der Waals surface area contributed by atoms with Crippen LogP contribution in [-0.2, 0) is 4.79 Å². The minimum absolute atomic E-state index is 0.200. The second-order valence-corrected chi connectivity index (χ2v) is 7.94. The number of aryl methyl sites for hydroxylation is 1. The van der Waals surface area contributed by atoms with E-state index in [2.05, 4.69) is 4.98 Å². The number of rotatable bonds is 7. The fourth-order valence-corrected chi connectivity index (χ4v) is 4.10. The van der Waals surface area contributed by atoms with Gasteiger partial charge >= 0.3 is 0 Å². The van der Waals surface area contributed by atoms with Crippen molar-refractivity contribution in [2.75, 3.05) is 20.3 Å². The first kappa shape index (κ1) is 22.7. The standard InChI is InChI=1S/C24H25F2N3O4/c1-15-12-28(14-27-15)20-6-5-19(11-23(20)32-2)33-22-4-3-7-29(24(22)31)21(13-30)16-8-17(25)10-18(26)9-16/h5-6,8-12,14,21-22,30H,3-4,7,13H2,1-2H3. The van der Waals surface area contributed by atoms with Crippen molar-refractivity contribution in [1.82, 2.24) is 14.5 Å². The van der Waals surface area contributed by atoms with Crippen molar-refractivity contribution in [2.45, 2.75) is 31.9 Å². The lowest BCUT2D eigenvalue weighted by Gasteiger charge is -2.37. The zero-order valence-corrected chi connectivity index (χ0v) is 18.4. The van der Waals surface area contributed by atoms with Crippen LogP contribution in [0.4, 0.5) is 8.78 Å². The fourth-order valence-electron chi connectivity index (χ4n) is 4.10. The van der Waals surface area contributed by atoms with E-state index in [1.165, 1.54) is 4.90 Å². The number of aliphatic hydroxyl groups excluding tert-OH is 1. The monoisotopic (exact) mass is 457 g/mol. The van der Waals surface area contributed by atoms with Crippen LogP contribution < -0.4 is 9.47 Å². The molecule has 174 valence electrons. The third-order valence-corrected chi connectivity index (χ3v) is 5.66. The number of benzene rings is 2. The summed E-state index contributed by atoms with van der Waals surface area (Å²) in [5.41, 5.74) is 1.84. The predicted octanol–water partition coefficient (Wildman–Crippen LogP) is 3.57. The van der Waals surface area contributed by atoms with Gasteiger partial charge in [-0.1, -0.05) is 0 Å². The molecular weight excluding hydrogens is 432 g/mol. The SMILES string of the molecule is COc1cc(OC2CCCN(C(CO)c3cc(F)cc(F)c3)C2=O)ccc1-n1cnc(C)c1. The molecular formula is C24H25F2N3O4. The number of hydrogen-bond donors (Lipinski definition) is 1. The summed E-state index contributed by atoms with van der Waals surface area (Å²) in [6, 6.07) is 7.39. The van der Waals surface area contributed by atoms with Crippen LogP contribution in [0.5, 0.6) is 11.5 Å². The zero-order chi connectivity index (χ0) is 23.5. The molecule has 1 amide bonds. The summed E-state index contributed by atoms with van der Waals surface area (Å²) in [5, 5.41) is 9.91. The molecule has 33 heavy (non-hydrogen) atoms. The molecule has 4 rings (SSSR count). The summed E-state index contributed by atoms with van der Waals surface area (Å²) >= 11 is 0. The van der Waals surface area contributed by atoms with Gasteiger partial charge in [0.05, 0.1) is 37.5 Å². The second-order valence-electron chi connectivity index (χ2n) is 7.94. The largest absolute Gasteiger partial charge is 0.494 e. The average molecular weight is 457 g/mol. The summed E-state index contributed by atoms with van der Waals surface area (Å²) < 4.78 is 40.7. The maximum atomic E-state index is 13.7. The molecule has 0 saturated carbocycles. The number of imidazole rings is 1. The molecule has 7 nitrogen and oxygen atoms in total. The van der Waals surface area contributed by atoms with Crippen molar-refractivity contribution in [2.24, 2.45) is 0 Å². The molecule has 0 radical (unpaired) electrons. The molecule has 2 heterocycles. The molecule has 0 spiro atoms. The molecule has 0 bridgehead atoms. The van der Waals surface area contributed by atoms with Crippen LogP contribution in [0.2, 0.25) is 0 Å². The number of piperidine rings is 1. The quantitative estimate of drug-likeness (QED) is 0.587. The molecule has 2 aromatic carbocycles. The first-order valence-corrected chi connectivity index (χ1v) is 10.6. The lowest BCUT2D eigenvalue weighted by molar-refractivity contribution is -0.146.